The Balaban J connectivity index is 2.11. The lowest BCUT2D eigenvalue weighted by atomic mass is 10.0. The van der Waals surface area contributed by atoms with Crippen LogP contribution in [0.25, 0.3) is 0 Å². The first-order valence-corrected chi connectivity index (χ1v) is 7.46. The lowest BCUT2D eigenvalue weighted by Gasteiger charge is -2.28. The molecule has 5 heteroatoms. The van der Waals surface area contributed by atoms with Crippen molar-refractivity contribution in [2.75, 3.05) is 12.4 Å². The number of esters is 1. The van der Waals surface area contributed by atoms with Crippen LogP contribution < -0.4 is 5.32 Å². The van der Waals surface area contributed by atoms with Crippen molar-refractivity contribution in [3.8, 4) is 0 Å². The molecule has 19 heavy (non-hydrogen) atoms. The number of nitrogens with one attached hydrogen (secondary N) is 1. The second kappa shape index (κ2) is 6.39. The molecule has 1 aromatic carbocycles. The Morgan fingerprint density at radius 2 is 2.42 bits per heavy atom. The van der Waals surface area contributed by atoms with E-state index in [1.54, 1.807) is 19.9 Å². The maximum absolute atomic E-state index is 13.7. The number of ether oxygens (including phenoxy) is 1. The molecule has 2 rings (SSSR count). The molecule has 0 radical (unpaired) electrons. The summed E-state index contributed by atoms with van der Waals surface area (Å²) in [5, 5.41) is 3.23. The van der Waals surface area contributed by atoms with E-state index in [4.69, 9.17) is 4.74 Å². The van der Waals surface area contributed by atoms with Crippen LogP contribution in [0.3, 0.4) is 0 Å². The molecule has 1 aliphatic heterocycles. The lowest BCUT2D eigenvalue weighted by molar-refractivity contribution is -0.145. The smallest absolute Gasteiger partial charge is 0.322 e. The topological polar surface area (TPSA) is 38.3 Å². The first-order valence-electron chi connectivity index (χ1n) is 6.47. The Bertz CT molecular complexity index is 467. The second-order valence-electron chi connectivity index (χ2n) is 4.49. The average molecular weight is 283 g/mol. The lowest BCUT2D eigenvalue weighted by Crippen LogP contribution is -2.39. The van der Waals surface area contributed by atoms with Crippen LogP contribution >= 0.6 is 11.8 Å². The van der Waals surface area contributed by atoms with Gasteiger partial charge in [0.2, 0.25) is 0 Å². The summed E-state index contributed by atoms with van der Waals surface area (Å²) in [6.45, 7) is 3.93. The van der Waals surface area contributed by atoms with Crippen LogP contribution in [-0.4, -0.2) is 24.4 Å². The van der Waals surface area contributed by atoms with Gasteiger partial charge in [-0.15, -0.1) is 11.8 Å². The molecule has 1 N–H and O–H groups in total. The molecule has 2 unspecified atom stereocenters. The monoisotopic (exact) mass is 283 g/mol. The van der Waals surface area contributed by atoms with Crippen molar-refractivity contribution in [1.82, 2.24) is 5.32 Å². The van der Waals surface area contributed by atoms with Gasteiger partial charge >= 0.3 is 5.97 Å². The van der Waals surface area contributed by atoms with E-state index in [9.17, 15) is 9.18 Å². The third-order valence-corrected chi connectivity index (χ3v) is 4.28. The molecule has 0 aliphatic carbocycles. The summed E-state index contributed by atoms with van der Waals surface area (Å²) in [7, 11) is 0. The van der Waals surface area contributed by atoms with Gasteiger partial charge in [-0.25, -0.2) is 4.39 Å². The maximum Gasteiger partial charge on any atom is 0.322 e. The van der Waals surface area contributed by atoms with Gasteiger partial charge in [-0.3, -0.25) is 10.1 Å². The van der Waals surface area contributed by atoms with Crippen molar-refractivity contribution in [3.63, 3.8) is 0 Å². The minimum Gasteiger partial charge on any atom is -0.465 e. The van der Waals surface area contributed by atoms with Gasteiger partial charge in [0.1, 0.15) is 11.9 Å². The number of carbonyl (C=O) groups is 1. The molecule has 104 valence electrons. The fourth-order valence-electron chi connectivity index (χ4n) is 2.20. The average Bonchev–Trinajstić information content (AvgIpc) is 2.40. The number of halogens is 1. The highest BCUT2D eigenvalue weighted by Crippen LogP contribution is 2.37. The van der Waals surface area contributed by atoms with Gasteiger partial charge in [0.05, 0.1) is 6.61 Å². The normalized spacial score (nSPS) is 19.6. The number of rotatable bonds is 4. The number of hydrogen-bond donors (Lipinski definition) is 1. The molecular formula is C14H18FNO2S. The molecule has 1 aliphatic rings. The van der Waals surface area contributed by atoms with Crippen molar-refractivity contribution in [2.24, 2.45) is 0 Å². The van der Waals surface area contributed by atoms with E-state index in [1.807, 2.05) is 6.07 Å². The zero-order chi connectivity index (χ0) is 13.8. The van der Waals surface area contributed by atoms with Gasteiger partial charge in [0.25, 0.3) is 0 Å². The Morgan fingerprint density at radius 1 is 1.63 bits per heavy atom. The summed E-state index contributed by atoms with van der Waals surface area (Å²) in [5.41, 5.74) is 0.937. The van der Waals surface area contributed by atoms with E-state index in [1.165, 1.54) is 17.8 Å². The Kier molecular flexibility index (Phi) is 4.82. The van der Waals surface area contributed by atoms with Crippen molar-refractivity contribution >= 4 is 17.7 Å². The summed E-state index contributed by atoms with van der Waals surface area (Å²) in [6, 6.07) is 4.72. The third kappa shape index (κ3) is 3.28. The van der Waals surface area contributed by atoms with E-state index in [0.717, 1.165) is 17.7 Å². The van der Waals surface area contributed by atoms with Crippen LogP contribution in [0.5, 0.6) is 0 Å². The van der Waals surface area contributed by atoms with Crippen LogP contribution in [0.1, 0.15) is 31.9 Å². The van der Waals surface area contributed by atoms with Crippen LogP contribution in [0.4, 0.5) is 4.39 Å². The van der Waals surface area contributed by atoms with Crippen LogP contribution in [0, 0.1) is 5.82 Å². The summed E-state index contributed by atoms with van der Waals surface area (Å²) >= 11 is 1.53. The molecular weight excluding hydrogens is 265 g/mol. The fraction of sp³-hybridized carbons (Fsp3) is 0.500. The molecule has 1 heterocycles. The van der Waals surface area contributed by atoms with E-state index in [-0.39, 0.29) is 23.9 Å². The van der Waals surface area contributed by atoms with Crippen LogP contribution in [0.15, 0.2) is 23.1 Å². The largest absolute Gasteiger partial charge is 0.465 e. The van der Waals surface area contributed by atoms with Crippen LogP contribution in [-0.2, 0) is 9.53 Å². The van der Waals surface area contributed by atoms with Gasteiger partial charge in [0.15, 0.2) is 0 Å². The minimum absolute atomic E-state index is 0.00589. The predicted molar refractivity (Wildman–Crippen MR) is 73.7 cm³/mol. The highest BCUT2D eigenvalue weighted by atomic mass is 32.2. The fourth-order valence-corrected chi connectivity index (χ4v) is 3.34. The predicted octanol–water partition coefficient (Wildman–Crippen LogP) is 2.90. The first kappa shape index (κ1) is 14.3. The van der Waals surface area contributed by atoms with Gasteiger partial charge < -0.3 is 4.74 Å². The number of fused-ring (bicyclic) bond motifs is 1. The number of carbonyl (C=O) groups excluding carboxylic acids is 1. The standard InChI is InChI=1S/C14H18FNO2S/c1-3-18-14(17)9(2)16-12-7-8-19-13-10(12)5-4-6-11(13)15/h4-6,9,12,16H,3,7-8H2,1-2H3. The highest BCUT2D eigenvalue weighted by Gasteiger charge is 2.26. The molecule has 0 saturated heterocycles. The Labute approximate surface area is 116 Å². The molecule has 3 nitrogen and oxygen atoms in total. The maximum atomic E-state index is 13.7. The molecule has 0 bridgehead atoms. The van der Waals surface area contributed by atoms with Crippen LogP contribution in [0.2, 0.25) is 0 Å². The molecule has 1 aromatic rings. The van der Waals surface area contributed by atoms with E-state index < -0.39 is 0 Å². The molecule has 2 atom stereocenters. The summed E-state index contributed by atoms with van der Waals surface area (Å²) in [4.78, 5) is 12.3. The molecule has 0 saturated carbocycles. The highest BCUT2D eigenvalue weighted by molar-refractivity contribution is 7.99. The molecule has 0 fully saturated rings. The van der Waals surface area contributed by atoms with Crippen molar-refractivity contribution < 1.29 is 13.9 Å². The zero-order valence-corrected chi connectivity index (χ0v) is 11.9. The summed E-state index contributed by atoms with van der Waals surface area (Å²) in [5.74, 6) is 0.401. The quantitative estimate of drug-likeness (QED) is 0.862. The van der Waals surface area contributed by atoms with Crippen molar-refractivity contribution in [1.29, 1.82) is 0 Å². The SMILES string of the molecule is CCOC(=O)C(C)NC1CCSc2c(F)cccc21. The van der Waals surface area contributed by atoms with Crippen molar-refractivity contribution in [3.05, 3.63) is 29.6 Å². The molecule has 0 amide bonds. The van der Waals surface area contributed by atoms with Gasteiger partial charge in [-0.1, -0.05) is 12.1 Å². The molecule has 0 aromatic heterocycles. The van der Waals surface area contributed by atoms with E-state index in [0.29, 0.717) is 11.5 Å². The third-order valence-electron chi connectivity index (χ3n) is 3.12. The number of hydrogen-bond acceptors (Lipinski definition) is 4. The second-order valence-corrected chi connectivity index (χ2v) is 5.59. The van der Waals surface area contributed by atoms with E-state index in [2.05, 4.69) is 5.32 Å². The van der Waals surface area contributed by atoms with Crippen molar-refractivity contribution in [2.45, 2.75) is 37.2 Å². The van der Waals surface area contributed by atoms with Gasteiger partial charge in [-0.05, 0) is 37.7 Å². The Hall–Kier alpha value is -1.07. The molecule has 0 spiro atoms. The first-order chi connectivity index (χ1) is 9.13. The zero-order valence-electron chi connectivity index (χ0n) is 11.1. The van der Waals surface area contributed by atoms with Gasteiger partial charge in [-0.2, -0.15) is 0 Å². The van der Waals surface area contributed by atoms with Gasteiger partial charge in [0, 0.05) is 10.9 Å². The summed E-state index contributed by atoms with van der Waals surface area (Å²) < 4.78 is 18.7. The number of thioether (sulfide) groups is 1. The Morgan fingerprint density at radius 3 is 3.16 bits per heavy atom. The van der Waals surface area contributed by atoms with E-state index >= 15 is 0 Å². The number of benzene rings is 1. The summed E-state index contributed by atoms with van der Waals surface area (Å²) in [6.07, 6.45) is 0.880. The minimum atomic E-state index is -0.385.